The minimum absolute atomic E-state index is 0.317. The molecule has 0 aromatic carbocycles. The molecule has 2 nitrogen and oxygen atoms in total. The van der Waals surface area contributed by atoms with Crippen LogP contribution >= 0.6 is 0 Å². The average molecular weight is 406 g/mol. The zero-order valence-corrected chi connectivity index (χ0v) is 20.2. The van der Waals surface area contributed by atoms with Crippen molar-refractivity contribution < 1.29 is 10.2 Å². The second-order valence-electron chi connectivity index (χ2n) is 10.3. The summed E-state index contributed by atoms with van der Waals surface area (Å²) in [4.78, 5) is 0. The van der Waals surface area contributed by atoms with Crippen LogP contribution in [-0.2, 0) is 0 Å². The molecule has 1 aliphatic carbocycles. The Kier molecular flexibility index (Phi) is 12.4. The molecule has 1 aliphatic rings. The normalized spacial score (nSPS) is 26.1. The van der Waals surface area contributed by atoms with Crippen molar-refractivity contribution in [2.24, 2.45) is 17.8 Å². The highest BCUT2D eigenvalue weighted by Crippen LogP contribution is 2.33. The molecule has 170 valence electrons. The van der Waals surface area contributed by atoms with Crippen molar-refractivity contribution in [2.45, 2.75) is 124 Å². The van der Waals surface area contributed by atoms with Crippen LogP contribution in [0.3, 0.4) is 0 Å². The van der Waals surface area contributed by atoms with Crippen LogP contribution in [-0.4, -0.2) is 21.9 Å². The zero-order chi connectivity index (χ0) is 21.9. The lowest BCUT2D eigenvalue weighted by atomic mass is 9.78. The molecule has 0 heterocycles. The highest BCUT2D eigenvalue weighted by Gasteiger charge is 2.27. The summed E-state index contributed by atoms with van der Waals surface area (Å²) in [5.74, 6) is 1.59. The quantitative estimate of drug-likeness (QED) is 0.179. The van der Waals surface area contributed by atoms with Crippen molar-refractivity contribution in [2.75, 3.05) is 0 Å². The van der Waals surface area contributed by atoms with Crippen LogP contribution in [0.4, 0.5) is 0 Å². The predicted molar refractivity (Wildman–Crippen MR) is 127 cm³/mol. The van der Waals surface area contributed by atoms with Crippen molar-refractivity contribution in [3.63, 3.8) is 0 Å². The van der Waals surface area contributed by atoms with Gasteiger partial charge in [-0.3, -0.25) is 0 Å². The van der Waals surface area contributed by atoms with E-state index in [9.17, 15) is 10.2 Å². The van der Waals surface area contributed by atoms with Gasteiger partial charge in [-0.1, -0.05) is 63.3 Å². The number of rotatable bonds is 14. The third-order valence-corrected chi connectivity index (χ3v) is 7.04. The minimum atomic E-state index is -0.593. The Labute approximate surface area is 181 Å². The maximum atomic E-state index is 10.8. The first-order valence-electron chi connectivity index (χ1n) is 12.2. The third-order valence-electron chi connectivity index (χ3n) is 7.04. The van der Waals surface area contributed by atoms with E-state index in [-0.39, 0.29) is 6.10 Å². The first-order chi connectivity index (χ1) is 13.6. The molecule has 1 rings (SSSR count). The van der Waals surface area contributed by atoms with Gasteiger partial charge in [0.25, 0.3) is 0 Å². The maximum Gasteiger partial charge on any atom is 0.0751 e. The van der Waals surface area contributed by atoms with Gasteiger partial charge in [-0.25, -0.2) is 0 Å². The van der Waals surface area contributed by atoms with E-state index < -0.39 is 5.60 Å². The molecule has 0 amide bonds. The molecule has 5 unspecified atom stereocenters. The molecule has 0 aliphatic heterocycles. The standard InChI is InChI=1S/C27H49O2/c1-7-8-9-12-21(2)13-10-14-22(3)15-11-17-27(6,29)18-16-25-19-23(4)24(5)26(28)20-25/h7,13,20,22-24,26,28-29H,8-12,14-19H2,1-6H3/q-1/b21-13+. The second-order valence-corrected chi connectivity index (χ2v) is 10.3. The smallest absolute Gasteiger partial charge is 0.0751 e. The second kappa shape index (κ2) is 13.7. The van der Waals surface area contributed by atoms with Gasteiger partial charge < -0.3 is 16.6 Å². The molecular weight excluding hydrogens is 356 g/mol. The fraction of sp³-hybridized carbons (Fsp3) is 0.815. The van der Waals surface area contributed by atoms with Crippen LogP contribution in [0.2, 0.25) is 0 Å². The lowest BCUT2D eigenvalue weighted by Gasteiger charge is -2.31. The Balaban J connectivity index is 2.23. The van der Waals surface area contributed by atoms with E-state index >= 15 is 0 Å². The number of aliphatic hydroxyl groups is 2. The summed E-state index contributed by atoms with van der Waals surface area (Å²) in [5, 5.41) is 21.0. The summed E-state index contributed by atoms with van der Waals surface area (Å²) < 4.78 is 0. The molecule has 0 fully saturated rings. The monoisotopic (exact) mass is 405 g/mol. The van der Waals surface area contributed by atoms with E-state index in [1.165, 1.54) is 49.7 Å². The highest BCUT2D eigenvalue weighted by atomic mass is 16.3. The van der Waals surface area contributed by atoms with Gasteiger partial charge in [-0.05, 0) is 76.5 Å². The van der Waals surface area contributed by atoms with Crippen LogP contribution in [0.25, 0.3) is 0 Å². The third kappa shape index (κ3) is 11.4. The molecule has 0 saturated heterocycles. The van der Waals surface area contributed by atoms with Crippen LogP contribution in [0.1, 0.15) is 112 Å². The lowest BCUT2D eigenvalue weighted by Crippen LogP contribution is -2.28. The van der Waals surface area contributed by atoms with Crippen molar-refractivity contribution in [3.8, 4) is 0 Å². The molecular formula is C27H49O2-. The Morgan fingerprint density at radius 1 is 1.28 bits per heavy atom. The van der Waals surface area contributed by atoms with Gasteiger partial charge in [0.05, 0.1) is 11.7 Å². The zero-order valence-electron chi connectivity index (χ0n) is 20.2. The summed E-state index contributed by atoms with van der Waals surface area (Å²) in [5.41, 5.74) is 2.27. The SMILES string of the molecule is C[CH-]CCC/C(C)=C/CCC(C)CCCC(C)(O)CCC1=CC(O)C(C)C(C)C1. The summed E-state index contributed by atoms with van der Waals surface area (Å²) in [7, 11) is 0. The van der Waals surface area contributed by atoms with E-state index in [2.05, 4.69) is 47.1 Å². The van der Waals surface area contributed by atoms with E-state index in [1.54, 1.807) is 0 Å². The molecule has 0 saturated carbocycles. The Morgan fingerprint density at radius 3 is 2.66 bits per heavy atom. The van der Waals surface area contributed by atoms with E-state index in [1.807, 2.05) is 13.0 Å². The van der Waals surface area contributed by atoms with E-state index in [0.717, 1.165) is 38.0 Å². The van der Waals surface area contributed by atoms with Crippen LogP contribution < -0.4 is 0 Å². The van der Waals surface area contributed by atoms with Gasteiger partial charge in [0.2, 0.25) is 0 Å². The van der Waals surface area contributed by atoms with Crippen molar-refractivity contribution in [3.05, 3.63) is 29.7 Å². The van der Waals surface area contributed by atoms with Gasteiger partial charge in [-0.15, -0.1) is 0 Å². The Morgan fingerprint density at radius 2 is 2.00 bits per heavy atom. The molecule has 2 heteroatoms. The summed E-state index contributed by atoms with van der Waals surface area (Å²) >= 11 is 0. The first-order valence-corrected chi connectivity index (χ1v) is 12.2. The van der Waals surface area contributed by atoms with Crippen molar-refractivity contribution in [1.82, 2.24) is 0 Å². The molecule has 5 atom stereocenters. The highest BCUT2D eigenvalue weighted by molar-refractivity contribution is 5.12. The van der Waals surface area contributed by atoms with E-state index in [4.69, 9.17) is 0 Å². The van der Waals surface area contributed by atoms with Gasteiger partial charge in [0.1, 0.15) is 0 Å². The summed E-state index contributed by atoms with van der Waals surface area (Å²) in [6.07, 6.45) is 18.5. The molecule has 0 aromatic heterocycles. The molecule has 0 spiro atoms. The van der Waals surface area contributed by atoms with Crippen molar-refractivity contribution >= 4 is 0 Å². The van der Waals surface area contributed by atoms with Crippen LogP contribution in [0.15, 0.2) is 23.3 Å². The first kappa shape index (κ1) is 26.4. The van der Waals surface area contributed by atoms with Crippen LogP contribution in [0.5, 0.6) is 0 Å². The summed E-state index contributed by atoms with van der Waals surface area (Å²) in [6, 6.07) is 0. The van der Waals surface area contributed by atoms with Crippen molar-refractivity contribution in [1.29, 1.82) is 0 Å². The lowest BCUT2D eigenvalue weighted by molar-refractivity contribution is 0.0373. The predicted octanol–water partition coefficient (Wildman–Crippen LogP) is 7.41. The van der Waals surface area contributed by atoms with Gasteiger partial charge in [-0.2, -0.15) is 13.3 Å². The van der Waals surface area contributed by atoms with Gasteiger partial charge in [0.15, 0.2) is 0 Å². The fourth-order valence-electron chi connectivity index (χ4n) is 4.41. The Bertz CT molecular complexity index is 503. The number of unbranched alkanes of at least 4 members (excludes halogenated alkanes) is 2. The number of hydrogen-bond acceptors (Lipinski definition) is 2. The Hall–Kier alpha value is -0.600. The fourth-order valence-corrected chi connectivity index (χ4v) is 4.41. The minimum Gasteiger partial charge on any atom is -0.390 e. The average Bonchev–Trinajstić information content (AvgIpc) is 2.64. The summed E-state index contributed by atoms with van der Waals surface area (Å²) in [6.45, 7) is 13.1. The maximum absolute atomic E-state index is 10.8. The van der Waals surface area contributed by atoms with Gasteiger partial charge >= 0.3 is 0 Å². The van der Waals surface area contributed by atoms with E-state index in [0.29, 0.717) is 11.8 Å². The number of allylic oxidation sites excluding steroid dienone is 3. The molecule has 0 bridgehead atoms. The largest absolute Gasteiger partial charge is 0.390 e. The van der Waals surface area contributed by atoms with Gasteiger partial charge in [0, 0.05) is 0 Å². The molecule has 0 radical (unpaired) electrons. The topological polar surface area (TPSA) is 40.5 Å². The number of hydrogen-bond donors (Lipinski definition) is 2. The molecule has 2 N–H and O–H groups in total. The van der Waals surface area contributed by atoms with Crippen LogP contribution in [0, 0.1) is 24.2 Å². The molecule has 29 heavy (non-hydrogen) atoms. The molecule has 0 aromatic rings. The number of aliphatic hydroxyl groups excluding tert-OH is 1.